The molecule has 0 aromatic carbocycles. The lowest BCUT2D eigenvalue weighted by Gasteiger charge is -1.98. The highest BCUT2D eigenvalue weighted by atomic mass is 14.9. The normalized spacial score (nSPS) is 10.1. The molecule has 0 aliphatic rings. The number of nitrogens with zero attached hydrogens (tertiary/aromatic N) is 1. The molecule has 3 nitrogen and oxygen atoms in total. The van der Waals surface area contributed by atoms with Crippen LogP contribution in [-0.2, 0) is 6.54 Å². The van der Waals surface area contributed by atoms with Crippen LogP contribution < -0.4 is 5.32 Å². The minimum Gasteiger partial charge on any atom is -0.345 e. The van der Waals surface area contributed by atoms with E-state index in [-0.39, 0.29) is 0 Å². The zero-order chi connectivity index (χ0) is 9.68. The highest BCUT2D eigenvalue weighted by Gasteiger charge is 1.93. The number of aryl methyl sites for hydroxylation is 1. The third kappa shape index (κ3) is 3.90. The van der Waals surface area contributed by atoms with Crippen LogP contribution >= 0.6 is 0 Å². The Labute approximate surface area is 79.3 Å². The molecule has 0 atom stereocenters. The monoisotopic (exact) mass is 179 g/mol. The van der Waals surface area contributed by atoms with Gasteiger partial charge in [0.15, 0.2) is 0 Å². The van der Waals surface area contributed by atoms with E-state index in [9.17, 15) is 0 Å². The Balaban J connectivity index is 2.24. The summed E-state index contributed by atoms with van der Waals surface area (Å²) in [6, 6.07) is 0. The smallest absolute Gasteiger partial charge is 0.103 e. The molecular weight excluding hydrogens is 162 g/mol. The van der Waals surface area contributed by atoms with Gasteiger partial charge in [-0.2, -0.15) is 0 Å². The number of aromatic amines is 1. The molecule has 0 spiro atoms. The van der Waals surface area contributed by atoms with Gasteiger partial charge in [0.2, 0.25) is 0 Å². The van der Waals surface area contributed by atoms with Crippen LogP contribution in [0.3, 0.4) is 0 Å². The molecule has 1 aromatic heterocycles. The molecule has 72 valence electrons. The SMILES string of the molecule is CC(C)=CCNCc1cnc(C)[nH]1. The minimum absolute atomic E-state index is 0.852. The van der Waals surface area contributed by atoms with Crippen LogP contribution in [0.2, 0.25) is 0 Å². The van der Waals surface area contributed by atoms with Crippen molar-refractivity contribution in [2.24, 2.45) is 0 Å². The lowest BCUT2D eigenvalue weighted by molar-refractivity contribution is 0.740. The molecule has 3 heteroatoms. The van der Waals surface area contributed by atoms with E-state index in [2.05, 4.69) is 35.2 Å². The van der Waals surface area contributed by atoms with Crippen LogP contribution in [0.5, 0.6) is 0 Å². The highest BCUT2D eigenvalue weighted by Crippen LogP contribution is 1.94. The zero-order valence-electron chi connectivity index (χ0n) is 8.52. The predicted molar refractivity (Wildman–Crippen MR) is 54.5 cm³/mol. The van der Waals surface area contributed by atoms with Crippen LogP contribution in [0.15, 0.2) is 17.8 Å². The van der Waals surface area contributed by atoms with Gasteiger partial charge in [-0.05, 0) is 20.8 Å². The van der Waals surface area contributed by atoms with Gasteiger partial charge in [-0.3, -0.25) is 0 Å². The van der Waals surface area contributed by atoms with E-state index in [1.807, 2.05) is 13.1 Å². The van der Waals surface area contributed by atoms with Gasteiger partial charge in [-0.1, -0.05) is 11.6 Å². The average molecular weight is 179 g/mol. The number of allylic oxidation sites excluding steroid dienone is 1. The van der Waals surface area contributed by atoms with Gasteiger partial charge in [0.25, 0.3) is 0 Å². The summed E-state index contributed by atoms with van der Waals surface area (Å²) in [4.78, 5) is 7.29. The molecule has 0 saturated heterocycles. The zero-order valence-corrected chi connectivity index (χ0v) is 8.52. The maximum absolute atomic E-state index is 4.12. The summed E-state index contributed by atoms with van der Waals surface area (Å²) in [5, 5.41) is 3.30. The molecule has 13 heavy (non-hydrogen) atoms. The third-order valence-electron chi connectivity index (χ3n) is 1.73. The molecule has 0 amide bonds. The highest BCUT2D eigenvalue weighted by molar-refractivity contribution is 5.00. The standard InChI is InChI=1S/C10H17N3/c1-8(2)4-5-11-6-10-7-12-9(3)13-10/h4,7,11H,5-6H2,1-3H3,(H,12,13). The molecule has 0 radical (unpaired) electrons. The van der Waals surface area contributed by atoms with Crippen molar-refractivity contribution < 1.29 is 0 Å². The largest absolute Gasteiger partial charge is 0.345 e. The number of aromatic nitrogens is 2. The molecule has 1 aromatic rings. The van der Waals surface area contributed by atoms with E-state index >= 15 is 0 Å². The van der Waals surface area contributed by atoms with Crippen molar-refractivity contribution in [3.8, 4) is 0 Å². The number of hydrogen-bond acceptors (Lipinski definition) is 2. The van der Waals surface area contributed by atoms with Gasteiger partial charge in [0.05, 0.1) is 0 Å². The van der Waals surface area contributed by atoms with E-state index in [0.29, 0.717) is 0 Å². The fourth-order valence-corrected chi connectivity index (χ4v) is 1.04. The van der Waals surface area contributed by atoms with Crippen molar-refractivity contribution in [3.63, 3.8) is 0 Å². The Hall–Kier alpha value is -1.09. The topological polar surface area (TPSA) is 40.7 Å². The fourth-order valence-electron chi connectivity index (χ4n) is 1.04. The van der Waals surface area contributed by atoms with Crippen LogP contribution in [0.1, 0.15) is 25.4 Å². The van der Waals surface area contributed by atoms with E-state index in [1.165, 1.54) is 5.57 Å². The van der Waals surface area contributed by atoms with Crippen molar-refractivity contribution in [1.82, 2.24) is 15.3 Å². The summed E-state index contributed by atoms with van der Waals surface area (Å²) in [7, 11) is 0. The van der Waals surface area contributed by atoms with Gasteiger partial charge < -0.3 is 10.3 Å². The van der Waals surface area contributed by atoms with E-state index < -0.39 is 0 Å². The quantitative estimate of drug-likeness (QED) is 0.546. The Morgan fingerprint density at radius 3 is 2.92 bits per heavy atom. The number of H-pyrrole nitrogens is 1. The second-order valence-electron chi connectivity index (χ2n) is 3.41. The molecule has 0 aliphatic heterocycles. The molecule has 0 aliphatic carbocycles. The van der Waals surface area contributed by atoms with Gasteiger partial charge >= 0.3 is 0 Å². The summed E-state index contributed by atoms with van der Waals surface area (Å²) >= 11 is 0. The molecule has 0 bridgehead atoms. The number of hydrogen-bond donors (Lipinski definition) is 2. The third-order valence-corrected chi connectivity index (χ3v) is 1.73. The maximum Gasteiger partial charge on any atom is 0.103 e. The molecular formula is C10H17N3. The van der Waals surface area contributed by atoms with Crippen molar-refractivity contribution in [2.45, 2.75) is 27.3 Å². The summed E-state index contributed by atoms with van der Waals surface area (Å²) in [6.07, 6.45) is 4.04. The Morgan fingerprint density at radius 2 is 2.38 bits per heavy atom. The molecule has 1 rings (SSSR count). The van der Waals surface area contributed by atoms with Gasteiger partial charge in [-0.15, -0.1) is 0 Å². The number of nitrogens with one attached hydrogen (secondary N) is 2. The van der Waals surface area contributed by atoms with Crippen LogP contribution in [0.25, 0.3) is 0 Å². The molecule has 1 heterocycles. The first-order valence-electron chi connectivity index (χ1n) is 4.53. The molecule has 0 unspecified atom stereocenters. The first kappa shape index (κ1) is 9.99. The number of imidazole rings is 1. The second kappa shape index (κ2) is 4.82. The molecule has 2 N–H and O–H groups in total. The average Bonchev–Trinajstić information content (AvgIpc) is 2.45. The summed E-state index contributed by atoms with van der Waals surface area (Å²) in [6.45, 7) is 7.93. The lowest BCUT2D eigenvalue weighted by Crippen LogP contribution is -2.13. The molecule has 0 fully saturated rings. The van der Waals surface area contributed by atoms with Crippen molar-refractivity contribution in [3.05, 3.63) is 29.4 Å². The second-order valence-corrected chi connectivity index (χ2v) is 3.41. The maximum atomic E-state index is 4.12. The van der Waals surface area contributed by atoms with Gasteiger partial charge in [-0.25, -0.2) is 4.98 Å². The Bertz CT molecular complexity index is 282. The van der Waals surface area contributed by atoms with Crippen molar-refractivity contribution in [2.75, 3.05) is 6.54 Å². The van der Waals surface area contributed by atoms with Crippen molar-refractivity contribution >= 4 is 0 Å². The summed E-state index contributed by atoms with van der Waals surface area (Å²) < 4.78 is 0. The number of rotatable bonds is 4. The Kier molecular flexibility index (Phi) is 3.71. The van der Waals surface area contributed by atoms with Crippen LogP contribution in [0, 0.1) is 6.92 Å². The predicted octanol–water partition coefficient (Wildman–Crippen LogP) is 1.77. The van der Waals surface area contributed by atoms with Gasteiger partial charge in [0, 0.05) is 25.0 Å². The van der Waals surface area contributed by atoms with E-state index in [4.69, 9.17) is 0 Å². The first-order valence-corrected chi connectivity index (χ1v) is 4.53. The first-order chi connectivity index (χ1) is 6.18. The van der Waals surface area contributed by atoms with E-state index in [0.717, 1.165) is 24.6 Å². The fraction of sp³-hybridized carbons (Fsp3) is 0.500. The van der Waals surface area contributed by atoms with Crippen LogP contribution in [0.4, 0.5) is 0 Å². The Morgan fingerprint density at radius 1 is 1.62 bits per heavy atom. The van der Waals surface area contributed by atoms with E-state index in [1.54, 1.807) is 0 Å². The molecule has 0 saturated carbocycles. The van der Waals surface area contributed by atoms with Crippen LogP contribution in [-0.4, -0.2) is 16.5 Å². The van der Waals surface area contributed by atoms with Crippen molar-refractivity contribution in [1.29, 1.82) is 0 Å². The summed E-state index contributed by atoms with van der Waals surface area (Å²) in [5.74, 6) is 0.971. The van der Waals surface area contributed by atoms with Gasteiger partial charge in [0.1, 0.15) is 5.82 Å². The lowest BCUT2D eigenvalue weighted by atomic mass is 10.3. The minimum atomic E-state index is 0.852. The summed E-state index contributed by atoms with van der Waals surface area (Å²) in [5.41, 5.74) is 2.48.